The van der Waals surface area contributed by atoms with Crippen LogP contribution in [0.25, 0.3) is 0 Å². The largest absolute Gasteiger partial charge is 0.433 e. The first-order valence-electron chi connectivity index (χ1n) is 5.52. The molecule has 0 aliphatic rings. The van der Waals surface area contributed by atoms with E-state index in [2.05, 4.69) is 26.2 Å². The molecule has 0 saturated carbocycles. The Balaban J connectivity index is 2.33. The van der Waals surface area contributed by atoms with Gasteiger partial charge in [-0.25, -0.2) is 13.8 Å². The molecule has 2 rings (SSSR count). The molecule has 3 nitrogen and oxygen atoms in total. The Kier molecular flexibility index (Phi) is 4.44. The molecule has 0 saturated heterocycles. The average Bonchev–Trinajstić information content (AvgIpc) is 2.39. The first-order chi connectivity index (χ1) is 9.11. The van der Waals surface area contributed by atoms with Crippen LogP contribution in [0.5, 0.6) is 11.6 Å². The fraction of sp³-hybridized carbons (Fsp3) is 0.154. The Morgan fingerprint density at radius 2 is 2.11 bits per heavy atom. The zero-order chi connectivity index (χ0) is 13.8. The molecule has 0 bridgehead atoms. The van der Waals surface area contributed by atoms with Crippen LogP contribution in [0.1, 0.15) is 5.56 Å². The fourth-order valence-corrected chi connectivity index (χ4v) is 1.86. The minimum Gasteiger partial charge on any atom is -0.433 e. The lowest BCUT2D eigenvalue weighted by Crippen LogP contribution is -2.08. The van der Waals surface area contributed by atoms with Gasteiger partial charge in [0.1, 0.15) is 0 Å². The van der Waals surface area contributed by atoms with Gasteiger partial charge in [0, 0.05) is 22.8 Å². The van der Waals surface area contributed by atoms with E-state index < -0.39 is 11.6 Å². The summed E-state index contributed by atoms with van der Waals surface area (Å²) in [5, 5.41) is 2.83. The molecule has 0 fully saturated rings. The number of benzene rings is 1. The van der Waals surface area contributed by atoms with E-state index in [1.54, 1.807) is 7.05 Å². The molecule has 0 spiro atoms. The second-order valence-corrected chi connectivity index (χ2v) is 4.71. The second kappa shape index (κ2) is 6.08. The van der Waals surface area contributed by atoms with Gasteiger partial charge in [0.2, 0.25) is 0 Å². The van der Waals surface area contributed by atoms with Crippen molar-refractivity contribution in [2.75, 3.05) is 7.05 Å². The third-order valence-electron chi connectivity index (χ3n) is 2.40. The van der Waals surface area contributed by atoms with E-state index in [1.807, 2.05) is 0 Å². The number of nitrogens with zero attached hydrogens (tertiary/aromatic N) is 1. The molecule has 0 aliphatic carbocycles. The van der Waals surface area contributed by atoms with Crippen molar-refractivity contribution in [3.8, 4) is 11.6 Å². The molecule has 6 heteroatoms. The quantitative estimate of drug-likeness (QED) is 0.930. The molecular weight excluding hydrogens is 318 g/mol. The van der Waals surface area contributed by atoms with Crippen molar-refractivity contribution in [2.45, 2.75) is 6.54 Å². The van der Waals surface area contributed by atoms with Crippen LogP contribution < -0.4 is 10.1 Å². The SMILES string of the molecule is CNCc1ccnc(Oc2cc(Br)ccc2F)c1F. The van der Waals surface area contributed by atoms with E-state index in [0.29, 0.717) is 16.6 Å². The van der Waals surface area contributed by atoms with Crippen LogP contribution >= 0.6 is 15.9 Å². The number of ether oxygens (including phenoxy) is 1. The van der Waals surface area contributed by atoms with Gasteiger partial charge in [-0.2, -0.15) is 0 Å². The highest BCUT2D eigenvalue weighted by Gasteiger charge is 2.13. The lowest BCUT2D eigenvalue weighted by Gasteiger charge is -2.09. The first-order valence-corrected chi connectivity index (χ1v) is 6.32. The van der Waals surface area contributed by atoms with Crippen molar-refractivity contribution in [3.63, 3.8) is 0 Å². The summed E-state index contributed by atoms with van der Waals surface area (Å²) in [6.45, 7) is 0.339. The summed E-state index contributed by atoms with van der Waals surface area (Å²) < 4.78 is 33.4. The molecule has 0 unspecified atom stereocenters. The van der Waals surface area contributed by atoms with Crippen molar-refractivity contribution in [3.05, 3.63) is 52.1 Å². The van der Waals surface area contributed by atoms with Crippen LogP contribution in [0.15, 0.2) is 34.9 Å². The molecular formula is C13H11BrF2N2O. The Hall–Kier alpha value is -1.53. The number of halogens is 3. The molecule has 1 aromatic carbocycles. The maximum absolute atomic E-state index is 14.0. The molecule has 0 aliphatic heterocycles. The predicted molar refractivity (Wildman–Crippen MR) is 71.1 cm³/mol. The number of rotatable bonds is 4. The average molecular weight is 329 g/mol. The highest BCUT2D eigenvalue weighted by molar-refractivity contribution is 9.10. The lowest BCUT2D eigenvalue weighted by atomic mass is 10.2. The summed E-state index contributed by atoms with van der Waals surface area (Å²) in [5.41, 5.74) is 0.405. The topological polar surface area (TPSA) is 34.2 Å². The number of pyridine rings is 1. The van der Waals surface area contributed by atoms with E-state index in [0.717, 1.165) is 0 Å². The Labute approximate surface area is 117 Å². The van der Waals surface area contributed by atoms with Crippen LogP contribution in [0.4, 0.5) is 8.78 Å². The smallest absolute Gasteiger partial charge is 0.256 e. The maximum Gasteiger partial charge on any atom is 0.256 e. The summed E-state index contributed by atoms with van der Waals surface area (Å²) >= 11 is 3.20. The molecule has 1 aromatic heterocycles. The van der Waals surface area contributed by atoms with Gasteiger partial charge in [-0.15, -0.1) is 0 Å². The fourth-order valence-electron chi connectivity index (χ4n) is 1.52. The van der Waals surface area contributed by atoms with Crippen LogP contribution in [0.2, 0.25) is 0 Å². The van der Waals surface area contributed by atoms with Crippen molar-refractivity contribution in [1.82, 2.24) is 10.3 Å². The molecule has 1 N–H and O–H groups in total. The second-order valence-electron chi connectivity index (χ2n) is 3.80. The minimum absolute atomic E-state index is 0.0811. The standard InChI is InChI=1S/C13H11BrF2N2O/c1-17-7-8-4-5-18-13(12(8)16)19-11-6-9(14)2-3-10(11)15/h2-6,17H,7H2,1H3. The summed E-state index contributed by atoms with van der Waals surface area (Å²) in [4.78, 5) is 3.78. The Morgan fingerprint density at radius 1 is 1.32 bits per heavy atom. The highest BCUT2D eigenvalue weighted by Crippen LogP contribution is 2.28. The van der Waals surface area contributed by atoms with Gasteiger partial charge < -0.3 is 10.1 Å². The number of hydrogen-bond acceptors (Lipinski definition) is 3. The molecule has 2 aromatic rings. The molecule has 100 valence electrons. The van der Waals surface area contributed by atoms with Crippen LogP contribution in [-0.4, -0.2) is 12.0 Å². The Bertz CT molecular complexity index is 593. The summed E-state index contributed by atoms with van der Waals surface area (Å²) in [6.07, 6.45) is 1.42. The van der Waals surface area contributed by atoms with E-state index in [4.69, 9.17) is 4.74 Å². The van der Waals surface area contributed by atoms with Gasteiger partial charge in [-0.1, -0.05) is 15.9 Å². The van der Waals surface area contributed by atoms with Gasteiger partial charge in [0.05, 0.1) is 0 Å². The summed E-state index contributed by atoms with van der Waals surface area (Å²) in [7, 11) is 1.70. The van der Waals surface area contributed by atoms with E-state index in [9.17, 15) is 8.78 Å². The van der Waals surface area contributed by atoms with Crippen LogP contribution in [-0.2, 0) is 6.54 Å². The third-order valence-corrected chi connectivity index (χ3v) is 2.90. The van der Waals surface area contributed by atoms with Gasteiger partial charge >= 0.3 is 0 Å². The first kappa shape index (κ1) is 13.9. The number of nitrogens with one attached hydrogen (secondary N) is 1. The van der Waals surface area contributed by atoms with Crippen molar-refractivity contribution < 1.29 is 13.5 Å². The summed E-state index contributed by atoms with van der Waals surface area (Å²) in [6, 6.07) is 5.72. The van der Waals surface area contributed by atoms with Crippen LogP contribution in [0.3, 0.4) is 0 Å². The zero-order valence-electron chi connectivity index (χ0n) is 10.1. The highest BCUT2D eigenvalue weighted by atomic mass is 79.9. The van der Waals surface area contributed by atoms with Gasteiger partial charge in [0.15, 0.2) is 17.4 Å². The lowest BCUT2D eigenvalue weighted by molar-refractivity contribution is 0.395. The maximum atomic E-state index is 14.0. The molecule has 0 amide bonds. The minimum atomic E-state index is -0.601. The van der Waals surface area contributed by atoms with Crippen molar-refractivity contribution in [1.29, 1.82) is 0 Å². The van der Waals surface area contributed by atoms with Crippen molar-refractivity contribution in [2.24, 2.45) is 0 Å². The van der Waals surface area contributed by atoms with Gasteiger partial charge in [0.25, 0.3) is 5.88 Å². The van der Waals surface area contributed by atoms with Gasteiger partial charge in [-0.3, -0.25) is 0 Å². The van der Waals surface area contributed by atoms with E-state index >= 15 is 0 Å². The Morgan fingerprint density at radius 3 is 2.84 bits per heavy atom. The van der Waals surface area contributed by atoms with Gasteiger partial charge in [-0.05, 0) is 31.3 Å². The number of aromatic nitrogens is 1. The number of hydrogen-bond donors (Lipinski definition) is 1. The molecule has 1 heterocycles. The molecule has 0 radical (unpaired) electrons. The summed E-state index contributed by atoms with van der Waals surface area (Å²) in [5.74, 6) is -1.51. The predicted octanol–water partition coefficient (Wildman–Crippen LogP) is 3.63. The van der Waals surface area contributed by atoms with Crippen molar-refractivity contribution >= 4 is 15.9 Å². The third kappa shape index (κ3) is 3.27. The van der Waals surface area contributed by atoms with E-state index in [1.165, 1.54) is 30.5 Å². The van der Waals surface area contributed by atoms with Crippen LogP contribution in [0, 0.1) is 11.6 Å². The zero-order valence-corrected chi connectivity index (χ0v) is 11.7. The molecule has 19 heavy (non-hydrogen) atoms. The molecule has 0 atom stereocenters. The monoisotopic (exact) mass is 328 g/mol. The normalized spacial score (nSPS) is 10.5. The van der Waals surface area contributed by atoms with E-state index in [-0.39, 0.29) is 11.6 Å².